The van der Waals surface area contributed by atoms with Gasteiger partial charge in [-0.3, -0.25) is 13.5 Å². The predicted octanol–water partition coefficient (Wildman–Crippen LogP) is 0.743. The van der Waals surface area contributed by atoms with Crippen LogP contribution in [0.4, 0.5) is 0 Å². The van der Waals surface area contributed by atoms with Crippen molar-refractivity contribution in [1.82, 2.24) is 9.38 Å². The number of thiazole rings is 1. The maximum absolute atomic E-state index is 8.74. The van der Waals surface area contributed by atoms with E-state index < -0.39 is 10.4 Å². The van der Waals surface area contributed by atoms with Gasteiger partial charge in [0.25, 0.3) is 0 Å². The van der Waals surface area contributed by atoms with E-state index in [0.717, 1.165) is 4.96 Å². The molecule has 8 heteroatoms. The van der Waals surface area contributed by atoms with E-state index in [-0.39, 0.29) is 0 Å². The van der Waals surface area contributed by atoms with Crippen molar-refractivity contribution in [3.05, 3.63) is 24.0 Å². The Morgan fingerprint density at radius 2 is 2.00 bits per heavy atom. The van der Waals surface area contributed by atoms with Gasteiger partial charge >= 0.3 is 10.4 Å². The predicted molar refractivity (Wildman–Crippen MR) is 47.2 cm³/mol. The molecular weight excluding hydrogens is 216 g/mol. The Balaban J connectivity index is 0.000000149. The van der Waals surface area contributed by atoms with Gasteiger partial charge in [-0.25, -0.2) is 4.98 Å². The fourth-order valence-electron chi connectivity index (χ4n) is 0.661. The molecule has 0 aliphatic carbocycles. The molecule has 13 heavy (non-hydrogen) atoms. The van der Waals surface area contributed by atoms with E-state index in [2.05, 4.69) is 4.98 Å². The molecule has 0 spiro atoms. The Labute approximate surface area is 78.0 Å². The molecule has 0 atom stereocenters. The lowest BCUT2D eigenvalue weighted by Crippen LogP contribution is -1.89. The molecule has 2 heterocycles. The molecule has 0 aliphatic heterocycles. The molecular formula is C5H6N2O4S2. The van der Waals surface area contributed by atoms with Crippen molar-refractivity contribution < 1.29 is 17.5 Å². The van der Waals surface area contributed by atoms with Crippen LogP contribution in [-0.4, -0.2) is 26.9 Å². The van der Waals surface area contributed by atoms with E-state index in [1.807, 2.05) is 22.2 Å². The van der Waals surface area contributed by atoms with E-state index in [1.165, 1.54) is 0 Å². The van der Waals surface area contributed by atoms with Crippen LogP contribution in [0.1, 0.15) is 0 Å². The molecule has 0 aromatic carbocycles. The van der Waals surface area contributed by atoms with Gasteiger partial charge in [0, 0.05) is 24.0 Å². The lowest BCUT2D eigenvalue weighted by atomic mass is 10.9. The van der Waals surface area contributed by atoms with Crippen molar-refractivity contribution in [2.45, 2.75) is 0 Å². The molecule has 0 bridgehead atoms. The van der Waals surface area contributed by atoms with Gasteiger partial charge in [0.05, 0.1) is 0 Å². The SMILES string of the molecule is O=S(=O)(O)O.c1cn2ccsc2n1. The van der Waals surface area contributed by atoms with Crippen molar-refractivity contribution in [3.8, 4) is 0 Å². The fraction of sp³-hybridized carbons (Fsp3) is 0. The minimum Gasteiger partial charge on any atom is -0.298 e. The second-order valence-electron chi connectivity index (χ2n) is 1.97. The van der Waals surface area contributed by atoms with Crippen LogP contribution in [0.2, 0.25) is 0 Å². The number of imidazole rings is 1. The highest BCUT2D eigenvalue weighted by molar-refractivity contribution is 7.79. The summed E-state index contributed by atoms with van der Waals surface area (Å²) in [6.07, 6.45) is 5.73. The molecule has 6 nitrogen and oxygen atoms in total. The summed E-state index contributed by atoms with van der Waals surface area (Å²) in [5, 5.41) is 2.02. The Hall–Kier alpha value is -0.960. The van der Waals surface area contributed by atoms with Crippen molar-refractivity contribution in [1.29, 1.82) is 0 Å². The maximum atomic E-state index is 8.74. The van der Waals surface area contributed by atoms with Crippen LogP contribution < -0.4 is 0 Å². The molecule has 0 saturated carbocycles. The smallest absolute Gasteiger partial charge is 0.298 e. The van der Waals surface area contributed by atoms with Crippen molar-refractivity contribution >= 4 is 26.7 Å². The Morgan fingerprint density at radius 3 is 2.54 bits per heavy atom. The maximum Gasteiger partial charge on any atom is 0.394 e. The van der Waals surface area contributed by atoms with Gasteiger partial charge in [-0.1, -0.05) is 0 Å². The van der Waals surface area contributed by atoms with Crippen molar-refractivity contribution in [3.63, 3.8) is 0 Å². The van der Waals surface area contributed by atoms with E-state index in [4.69, 9.17) is 17.5 Å². The first kappa shape index (κ1) is 10.1. The van der Waals surface area contributed by atoms with E-state index in [0.29, 0.717) is 0 Å². The summed E-state index contributed by atoms with van der Waals surface area (Å²) in [4.78, 5) is 5.12. The lowest BCUT2D eigenvalue weighted by Gasteiger charge is -1.71. The standard InChI is InChI=1S/C5H4N2S.H2O4S/c1-2-7-3-4-8-5(7)6-1;1-5(2,3)4/h1-4H;(H2,1,2,3,4). The summed E-state index contributed by atoms with van der Waals surface area (Å²) in [6, 6.07) is 0. The Bertz CT molecular complexity index is 412. The normalized spacial score (nSPS) is 10.9. The average molecular weight is 222 g/mol. The summed E-state index contributed by atoms with van der Waals surface area (Å²) < 4.78 is 33.6. The van der Waals surface area contributed by atoms with E-state index in [9.17, 15) is 0 Å². The minimum atomic E-state index is -4.67. The number of hydrogen-bond donors (Lipinski definition) is 2. The summed E-state index contributed by atoms with van der Waals surface area (Å²) in [5.74, 6) is 0. The van der Waals surface area contributed by atoms with E-state index >= 15 is 0 Å². The number of aromatic nitrogens is 2. The second-order valence-corrected chi connectivity index (χ2v) is 3.74. The highest BCUT2D eigenvalue weighted by Gasteiger charge is 1.88. The molecule has 0 amide bonds. The first-order chi connectivity index (χ1) is 5.97. The van der Waals surface area contributed by atoms with Crippen LogP contribution in [0, 0.1) is 0 Å². The number of fused-ring (bicyclic) bond motifs is 1. The third-order valence-corrected chi connectivity index (χ3v) is 1.81. The van der Waals surface area contributed by atoms with Crippen LogP contribution in [0.3, 0.4) is 0 Å². The number of rotatable bonds is 0. The summed E-state index contributed by atoms with van der Waals surface area (Å²) >= 11 is 1.65. The van der Waals surface area contributed by atoms with Gasteiger partial charge in [-0.2, -0.15) is 8.42 Å². The molecule has 0 aliphatic rings. The minimum absolute atomic E-state index is 1.06. The quantitative estimate of drug-likeness (QED) is 0.641. The molecule has 2 aromatic rings. The monoisotopic (exact) mass is 222 g/mol. The highest BCUT2D eigenvalue weighted by atomic mass is 32.3. The molecule has 0 unspecified atom stereocenters. The van der Waals surface area contributed by atoms with Crippen molar-refractivity contribution in [2.24, 2.45) is 0 Å². The van der Waals surface area contributed by atoms with Crippen LogP contribution >= 0.6 is 11.3 Å². The van der Waals surface area contributed by atoms with Gasteiger partial charge in [0.15, 0.2) is 4.96 Å². The zero-order valence-electron chi connectivity index (χ0n) is 6.23. The number of hydrogen-bond acceptors (Lipinski definition) is 4. The topological polar surface area (TPSA) is 91.9 Å². The molecule has 2 N–H and O–H groups in total. The Kier molecular flexibility index (Phi) is 2.98. The van der Waals surface area contributed by atoms with Crippen LogP contribution in [0.25, 0.3) is 4.96 Å². The molecule has 0 radical (unpaired) electrons. The molecule has 0 saturated heterocycles. The van der Waals surface area contributed by atoms with Gasteiger partial charge < -0.3 is 0 Å². The van der Waals surface area contributed by atoms with Crippen LogP contribution in [-0.2, 0) is 10.4 Å². The van der Waals surface area contributed by atoms with Crippen LogP contribution in [0.5, 0.6) is 0 Å². The first-order valence-electron chi connectivity index (χ1n) is 3.03. The zero-order valence-corrected chi connectivity index (χ0v) is 7.86. The first-order valence-corrected chi connectivity index (χ1v) is 5.30. The van der Waals surface area contributed by atoms with E-state index in [1.54, 1.807) is 17.5 Å². The molecule has 72 valence electrons. The highest BCUT2D eigenvalue weighted by Crippen LogP contribution is 2.06. The molecule has 0 fully saturated rings. The average Bonchev–Trinajstić information content (AvgIpc) is 2.36. The van der Waals surface area contributed by atoms with Crippen LogP contribution in [0.15, 0.2) is 24.0 Å². The molecule has 2 aromatic heterocycles. The largest absolute Gasteiger partial charge is 0.394 e. The third-order valence-electron chi connectivity index (χ3n) is 1.03. The zero-order chi connectivity index (χ0) is 9.90. The lowest BCUT2D eigenvalue weighted by molar-refractivity contribution is 0.381. The fourth-order valence-corrected chi connectivity index (χ4v) is 1.34. The third kappa shape index (κ3) is 3.99. The summed E-state index contributed by atoms with van der Waals surface area (Å²) in [5.41, 5.74) is 0. The van der Waals surface area contributed by atoms with Gasteiger partial charge in [-0.15, -0.1) is 11.3 Å². The van der Waals surface area contributed by atoms with Crippen molar-refractivity contribution in [2.75, 3.05) is 0 Å². The van der Waals surface area contributed by atoms with Gasteiger partial charge in [0.2, 0.25) is 0 Å². The number of nitrogens with zero attached hydrogens (tertiary/aromatic N) is 2. The molecule has 2 rings (SSSR count). The second kappa shape index (κ2) is 3.83. The summed E-state index contributed by atoms with van der Waals surface area (Å²) in [6.45, 7) is 0. The summed E-state index contributed by atoms with van der Waals surface area (Å²) in [7, 11) is -4.67. The Morgan fingerprint density at radius 1 is 1.38 bits per heavy atom. The van der Waals surface area contributed by atoms with Gasteiger partial charge in [-0.05, 0) is 0 Å². The van der Waals surface area contributed by atoms with Gasteiger partial charge in [0.1, 0.15) is 0 Å².